The van der Waals surface area contributed by atoms with Crippen molar-refractivity contribution in [3.8, 4) is 0 Å². The zero-order valence-electron chi connectivity index (χ0n) is 16.0. The van der Waals surface area contributed by atoms with E-state index in [9.17, 15) is 9.50 Å². The second kappa shape index (κ2) is 9.54. The van der Waals surface area contributed by atoms with Crippen molar-refractivity contribution in [2.45, 2.75) is 32.2 Å². The summed E-state index contributed by atoms with van der Waals surface area (Å²) in [5, 5.41) is 10.0. The summed E-state index contributed by atoms with van der Waals surface area (Å²) in [5.74, 6) is 1.48. The third-order valence-corrected chi connectivity index (χ3v) is 7.16. The van der Waals surface area contributed by atoms with Gasteiger partial charge in [0, 0.05) is 25.6 Å². The van der Waals surface area contributed by atoms with Gasteiger partial charge in [0.2, 0.25) is 0 Å². The molecule has 0 aliphatic carbocycles. The molecule has 1 N–H and O–H groups in total. The fraction of sp³-hybridized carbons (Fsp3) is 0.714. The number of rotatable bonds is 7. The van der Waals surface area contributed by atoms with Crippen LogP contribution in [0.2, 0.25) is 0 Å². The molecular formula is C21H33FN2OS. The van der Waals surface area contributed by atoms with Crippen LogP contribution in [0.5, 0.6) is 0 Å². The van der Waals surface area contributed by atoms with Crippen LogP contribution in [0.4, 0.5) is 4.39 Å². The third-order valence-electron chi connectivity index (χ3n) is 6.46. The first kappa shape index (κ1) is 20.1. The average molecular weight is 381 g/mol. The Kier molecular flexibility index (Phi) is 7.38. The van der Waals surface area contributed by atoms with Gasteiger partial charge in [-0.3, -0.25) is 4.90 Å². The first-order valence-corrected chi connectivity index (χ1v) is 11.3. The van der Waals surface area contributed by atoms with Crippen LogP contribution in [-0.4, -0.2) is 66.2 Å². The van der Waals surface area contributed by atoms with E-state index < -0.39 is 0 Å². The van der Waals surface area contributed by atoms with E-state index >= 15 is 0 Å². The molecule has 2 saturated heterocycles. The van der Waals surface area contributed by atoms with Crippen molar-refractivity contribution in [3.05, 3.63) is 35.6 Å². The summed E-state index contributed by atoms with van der Waals surface area (Å²) in [6.07, 6.45) is 6.94. The summed E-state index contributed by atoms with van der Waals surface area (Å²) in [6, 6.07) is 6.96. The molecule has 0 radical (unpaired) electrons. The van der Waals surface area contributed by atoms with Crippen molar-refractivity contribution >= 4 is 11.8 Å². The third kappa shape index (κ3) is 5.00. The van der Waals surface area contributed by atoms with Crippen LogP contribution in [0.25, 0.3) is 0 Å². The van der Waals surface area contributed by atoms with Gasteiger partial charge in [-0.15, -0.1) is 0 Å². The van der Waals surface area contributed by atoms with Crippen LogP contribution in [-0.2, 0) is 6.54 Å². The fourth-order valence-corrected chi connectivity index (χ4v) is 5.19. The Balaban J connectivity index is 1.52. The number of likely N-dealkylation sites (tertiary alicyclic amines) is 2. The van der Waals surface area contributed by atoms with E-state index in [4.69, 9.17) is 0 Å². The van der Waals surface area contributed by atoms with Crippen LogP contribution in [0.3, 0.4) is 0 Å². The molecule has 2 aliphatic heterocycles. The molecule has 146 valence electrons. The first-order valence-electron chi connectivity index (χ1n) is 9.94. The molecule has 26 heavy (non-hydrogen) atoms. The molecule has 2 heterocycles. The first-order chi connectivity index (χ1) is 12.6. The Bertz CT molecular complexity index is 563. The van der Waals surface area contributed by atoms with Crippen molar-refractivity contribution in [1.82, 2.24) is 9.80 Å². The van der Waals surface area contributed by atoms with Crippen LogP contribution >= 0.6 is 11.8 Å². The SMILES string of the molecule is CSCCCN1CCC2(CCN(Cc3cccc(F)c3)CC2)[C@H](CO)C1. The van der Waals surface area contributed by atoms with Gasteiger partial charge in [0.05, 0.1) is 0 Å². The van der Waals surface area contributed by atoms with Crippen molar-refractivity contribution in [3.63, 3.8) is 0 Å². The van der Waals surface area contributed by atoms with E-state index in [2.05, 4.69) is 16.1 Å². The molecule has 1 atom stereocenters. The van der Waals surface area contributed by atoms with E-state index in [1.807, 2.05) is 17.8 Å². The summed E-state index contributed by atoms with van der Waals surface area (Å²) >= 11 is 1.91. The summed E-state index contributed by atoms with van der Waals surface area (Å²) in [7, 11) is 0. The fourth-order valence-electron chi connectivity index (χ4n) is 4.78. The van der Waals surface area contributed by atoms with Crippen LogP contribution in [0.1, 0.15) is 31.2 Å². The molecule has 1 aromatic rings. The summed E-state index contributed by atoms with van der Waals surface area (Å²) in [5.41, 5.74) is 1.37. The van der Waals surface area contributed by atoms with Gasteiger partial charge in [-0.1, -0.05) is 12.1 Å². The maximum Gasteiger partial charge on any atom is 0.123 e. The van der Waals surface area contributed by atoms with E-state index in [1.165, 1.54) is 37.8 Å². The molecule has 1 spiro atoms. The quantitative estimate of drug-likeness (QED) is 0.733. The summed E-state index contributed by atoms with van der Waals surface area (Å²) < 4.78 is 13.4. The van der Waals surface area contributed by atoms with E-state index in [-0.39, 0.29) is 5.82 Å². The molecule has 3 rings (SSSR count). The number of aliphatic hydroxyl groups is 1. The van der Waals surface area contributed by atoms with Gasteiger partial charge < -0.3 is 10.0 Å². The van der Waals surface area contributed by atoms with Crippen molar-refractivity contribution in [2.75, 3.05) is 51.3 Å². The minimum Gasteiger partial charge on any atom is -0.396 e. The zero-order chi connectivity index (χ0) is 18.4. The number of piperidine rings is 2. The molecule has 3 nitrogen and oxygen atoms in total. The molecule has 5 heteroatoms. The Morgan fingerprint density at radius 2 is 1.92 bits per heavy atom. The van der Waals surface area contributed by atoms with Crippen molar-refractivity contribution < 1.29 is 9.50 Å². The topological polar surface area (TPSA) is 26.7 Å². The summed E-state index contributed by atoms with van der Waals surface area (Å²) in [4.78, 5) is 5.00. The van der Waals surface area contributed by atoms with Gasteiger partial charge in [-0.25, -0.2) is 4.39 Å². The predicted octanol–water partition coefficient (Wildman–Crippen LogP) is 3.48. The largest absolute Gasteiger partial charge is 0.396 e. The standard InChI is InChI=1S/C21H33FN2OS/c1-26-13-3-9-23-10-6-21(19(16-23)17-25)7-11-24(12-8-21)15-18-4-2-5-20(22)14-18/h2,4-5,14,19,25H,3,6-13,15-17H2,1H3/t19-/m0/s1. The van der Waals surface area contributed by atoms with Gasteiger partial charge in [-0.2, -0.15) is 11.8 Å². The Morgan fingerprint density at radius 1 is 1.19 bits per heavy atom. The van der Waals surface area contributed by atoms with Crippen LogP contribution in [0.15, 0.2) is 24.3 Å². The lowest BCUT2D eigenvalue weighted by Gasteiger charge is -2.51. The highest BCUT2D eigenvalue weighted by atomic mass is 32.2. The zero-order valence-corrected chi connectivity index (χ0v) is 16.8. The number of hydrogen-bond donors (Lipinski definition) is 1. The van der Waals surface area contributed by atoms with Gasteiger partial charge in [0.15, 0.2) is 0 Å². The second-order valence-electron chi connectivity index (χ2n) is 8.04. The maximum atomic E-state index is 13.4. The van der Waals surface area contributed by atoms with Crippen molar-refractivity contribution in [2.24, 2.45) is 11.3 Å². The van der Waals surface area contributed by atoms with Gasteiger partial charge in [0.25, 0.3) is 0 Å². The van der Waals surface area contributed by atoms with Gasteiger partial charge in [0.1, 0.15) is 5.82 Å². The highest BCUT2D eigenvalue weighted by molar-refractivity contribution is 7.98. The summed E-state index contributed by atoms with van der Waals surface area (Å²) in [6.45, 7) is 6.64. The Hall–Kier alpha value is -0.620. The number of halogens is 1. The molecule has 0 unspecified atom stereocenters. The van der Waals surface area contributed by atoms with Crippen LogP contribution in [0, 0.1) is 17.2 Å². The molecule has 2 aliphatic rings. The number of thioether (sulfide) groups is 1. The molecule has 0 bridgehead atoms. The monoisotopic (exact) mass is 380 g/mol. The average Bonchev–Trinajstić information content (AvgIpc) is 2.65. The Morgan fingerprint density at radius 3 is 2.58 bits per heavy atom. The lowest BCUT2D eigenvalue weighted by atomic mass is 9.64. The molecule has 0 saturated carbocycles. The second-order valence-corrected chi connectivity index (χ2v) is 9.03. The minimum atomic E-state index is -0.148. The highest BCUT2D eigenvalue weighted by Crippen LogP contribution is 2.45. The lowest BCUT2D eigenvalue weighted by Crippen LogP contribution is -2.53. The normalized spacial score (nSPS) is 24.2. The number of nitrogens with zero attached hydrogens (tertiary/aromatic N) is 2. The van der Waals surface area contributed by atoms with Gasteiger partial charge >= 0.3 is 0 Å². The molecule has 1 aromatic carbocycles. The Labute approximate surface area is 161 Å². The number of benzene rings is 1. The smallest absolute Gasteiger partial charge is 0.123 e. The number of aliphatic hydroxyl groups excluding tert-OH is 1. The number of hydrogen-bond acceptors (Lipinski definition) is 4. The lowest BCUT2D eigenvalue weighted by molar-refractivity contribution is -0.0427. The van der Waals surface area contributed by atoms with E-state index in [0.717, 1.165) is 44.6 Å². The van der Waals surface area contributed by atoms with E-state index in [0.29, 0.717) is 17.9 Å². The predicted molar refractivity (Wildman–Crippen MR) is 108 cm³/mol. The van der Waals surface area contributed by atoms with E-state index in [1.54, 1.807) is 12.1 Å². The van der Waals surface area contributed by atoms with Gasteiger partial charge in [-0.05, 0) is 87.0 Å². The van der Waals surface area contributed by atoms with Crippen LogP contribution < -0.4 is 0 Å². The molecule has 0 aromatic heterocycles. The maximum absolute atomic E-state index is 13.4. The molecular weight excluding hydrogens is 347 g/mol. The molecule has 0 amide bonds. The van der Waals surface area contributed by atoms with Crippen molar-refractivity contribution in [1.29, 1.82) is 0 Å². The highest BCUT2D eigenvalue weighted by Gasteiger charge is 2.44. The minimum absolute atomic E-state index is 0.148. The molecule has 2 fully saturated rings.